The molecular formula is C18H23N3O4. The highest BCUT2D eigenvalue weighted by molar-refractivity contribution is 5.80. The van der Waals surface area contributed by atoms with Gasteiger partial charge in [-0.05, 0) is 51.3 Å². The van der Waals surface area contributed by atoms with E-state index in [1.54, 1.807) is 25.1 Å². The molecule has 0 spiro atoms. The largest absolute Gasteiger partial charge is 0.481 e. The lowest BCUT2D eigenvalue weighted by atomic mass is 10.1. The third kappa shape index (κ3) is 4.04. The van der Waals surface area contributed by atoms with E-state index >= 15 is 0 Å². The summed E-state index contributed by atoms with van der Waals surface area (Å²) in [6.45, 7) is 6.53. The number of hydrogen-bond donors (Lipinski definition) is 2. The molecule has 2 heterocycles. The van der Waals surface area contributed by atoms with Crippen LogP contribution < -0.4 is 19.5 Å². The molecule has 3 rings (SSSR count). The fourth-order valence-electron chi connectivity index (χ4n) is 2.77. The molecule has 0 aliphatic carbocycles. The van der Waals surface area contributed by atoms with E-state index in [2.05, 4.69) is 15.5 Å². The van der Waals surface area contributed by atoms with Crippen molar-refractivity contribution in [2.24, 2.45) is 0 Å². The van der Waals surface area contributed by atoms with Gasteiger partial charge >= 0.3 is 0 Å². The summed E-state index contributed by atoms with van der Waals surface area (Å²) >= 11 is 0. The van der Waals surface area contributed by atoms with Gasteiger partial charge in [0.2, 0.25) is 6.79 Å². The molecule has 2 N–H and O–H groups in total. The quantitative estimate of drug-likeness (QED) is 0.752. The first kappa shape index (κ1) is 17.1. The van der Waals surface area contributed by atoms with Crippen molar-refractivity contribution in [3.8, 4) is 17.2 Å². The number of amides is 1. The van der Waals surface area contributed by atoms with Gasteiger partial charge in [0.1, 0.15) is 5.75 Å². The first-order chi connectivity index (χ1) is 12.0. The van der Waals surface area contributed by atoms with E-state index in [1.807, 2.05) is 13.8 Å². The summed E-state index contributed by atoms with van der Waals surface area (Å²) in [5.41, 5.74) is 3.32. The first-order valence-corrected chi connectivity index (χ1v) is 8.39. The molecule has 0 fully saturated rings. The molecule has 0 saturated carbocycles. The molecule has 1 aromatic heterocycles. The molecule has 0 saturated heterocycles. The summed E-state index contributed by atoms with van der Waals surface area (Å²) in [6.07, 6.45) is 1.15. The van der Waals surface area contributed by atoms with Crippen molar-refractivity contribution in [2.45, 2.75) is 39.7 Å². The van der Waals surface area contributed by atoms with Crippen LogP contribution in [0.4, 0.5) is 0 Å². The number of hydrogen-bond acceptors (Lipinski definition) is 5. The van der Waals surface area contributed by atoms with E-state index < -0.39 is 6.10 Å². The Hall–Kier alpha value is -2.70. The summed E-state index contributed by atoms with van der Waals surface area (Å²) in [7, 11) is 0. The third-order valence-corrected chi connectivity index (χ3v) is 4.21. The van der Waals surface area contributed by atoms with Gasteiger partial charge in [0.05, 0.1) is 5.69 Å². The normalized spacial score (nSPS) is 13.6. The molecule has 1 aromatic carbocycles. The van der Waals surface area contributed by atoms with Crippen molar-refractivity contribution in [3.63, 3.8) is 0 Å². The topological polar surface area (TPSA) is 85.5 Å². The number of carbonyl (C=O) groups excluding carboxylic acids is 1. The number of ether oxygens (including phenoxy) is 3. The van der Waals surface area contributed by atoms with Crippen LogP contribution in [-0.4, -0.2) is 35.5 Å². The predicted molar refractivity (Wildman–Crippen MR) is 92.0 cm³/mol. The lowest BCUT2D eigenvalue weighted by Gasteiger charge is -2.15. The molecule has 7 heteroatoms. The highest BCUT2D eigenvalue weighted by Gasteiger charge is 2.18. The minimum atomic E-state index is -0.585. The number of carbonyl (C=O) groups is 1. The molecule has 1 aliphatic rings. The van der Waals surface area contributed by atoms with Crippen molar-refractivity contribution in [1.29, 1.82) is 0 Å². The molecule has 1 atom stereocenters. The Kier molecular flexibility index (Phi) is 5.11. The number of fused-ring (bicyclic) bond motifs is 1. The standard InChI is InChI=1S/C18H23N3O4/c1-11-15(12(2)21-20-11)5-4-8-19-18(22)13(3)25-14-6-7-16-17(9-14)24-10-23-16/h6-7,9,13H,4-5,8,10H2,1-3H3,(H,19,22)(H,20,21). The van der Waals surface area contributed by atoms with Crippen LogP contribution in [0.3, 0.4) is 0 Å². The van der Waals surface area contributed by atoms with Crippen molar-refractivity contribution in [1.82, 2.24) is 15.5 Å². The Balaban J connectivity index is 1.43. The first-order valence-electron chi connectivity index (χ1n) is 8.39. The lowest BCUT2D eigenvalue weighted by molar-refractivity contribution is -0.127. The Morgan fingerprint density at radius 1 is 1.36 bits per heavy atom. The van der Waals surface area contributed by atoms with Crippen LogP contribution in [0.2, 0.25) is 0 Å². The Bertz CT molecular complexity index is 737. The highest BCUT2D eigenvalue weighted by atomic mass is 16.7. The Morgan fingerprint density at radius 2 is 2.16 bits per heavy atom. The predicted octanol–water partition coefficient (Wildman–Crippen LogP) is 2.27. The van der Waals surface area contributed by atoms with Crippen molar-refractivity contribution in [2.75, 3.05) is 13.3 Å². The molecule has 25 heavy (non-hydrogen) atoms. The second-order valence-electron chi connectivity index (χ2n) is 6.08. The van der Waals surface area contributed by atoms with Crippen molar-refractivity contribution >= 4 is 5.91 Å². The zero-order chi connectivity index (χ0) is 17.8. The van der Waals surface area contributed by atoms with Gasteiger partial charge in [0, 0.05) is 18.3 Å². The van der Waals surface area contributed by atoms with E-state index in [0.29, 0.717) is 23.8 Å². The number of aryl methyl sites for hydroxylation is 2. The van der Waals surface area contributed by atoms with E-state index in [-0.39, 0.29) is 12.7 Å². The number of benzene rings is 1. The van der Waals surface area contributed by atoms with Crippen LogP contribution in [0, 0.1) is 13.8 Å². The maximum Gasteiger partial charge on any atom is 0.260 e. The second kappa shape index (κ2) is 7.46. The number of nitrogens with one attached hydrogen (secondary N) is 2. The minimum Gasteiger partial charge on any atom is -0.481 e. The van der Waals surface area contributed by atoms with Crippen molar-refractivity contribution in [3.05, 3.63) is 35.2 Å². The smallest absolute Gasteiger partial charge is 0.260 e. The summed E-state index contributed by atoms with van der Waals surface area (Å²) in [5.74, 6) is 1.76. The maximum absolute atomic E-state index is 12.2. The monoisotopic (exact) mass is 345 g/mol. The number of aromatic amines is 1. The van der Waals surface area contributed by atoms with Gasteiger partial charge in [0.25, 0.3) is 5.91 Å². The minimum absolute atomic E-state index is 0.140. The molecule has 1 aliphatic heterocycles. The second-order valence-corrected chi connectivity index (χ2v) is 6.08. The van der Waals surface area contributed by atoms with Gasteiger partial charge in [-0.25, -0.2) is 0 Å². The van der Waals surface area contributed by atoms with Gasteiger partial charge < -0.3 is 19.5 Å². The Morgan fingerprint density at radius 3 is 2.92 bits per heavy atom. The Labute approximate surface area is 146 Å². The fraction of sp³-hybridized carbons (Fsp3) is 0.444. The van der Waals surface area contributed by atoms with Gasteiger partial charge in [-0.3, -0.25) is 9.89 Å². The van der Waals surface area contributed by atoms with Gasteiger partial charge in [-0.15, -0.1) is 0 Å². The lowest BCUT2D eigenvalue weighted by Crippen LogP contribution is -2.36. The summed E-state index contributed by atoms with van der Waals surface area (Å²) < 4.78 is 16.2. The highest BCUT2D eigenvalue weighted by Crippen LogP contribution is 2.35. The third-order valence-electron chi connectivity index (χ3n) is 4.21. The zero-order valence-electron chi connectivity index (χ0n) is 14.7. The zero-order valence-corrected chi connectivity index (χ0v) is 14.7. The van der Waals surface area contributed by atoms with Gasteiger partial charge in [0.15, 0.2) is 17.6 Å². The van der Waals surface area contributed by atoms with E-state index in [4.69, 9.17) is 14.2 Å². The summed E-state index contributed by atoms with van der Waals surface area (Å²) in [5, 5.41) is 10.1. The molecule has 134 valence electrons. The van der Waals surface area contributed by atoms with Crippen LogP contribution >= 0.6 is 0 Å². The van der Waals surface area contributed by atoms with Crippen LogP contribution in [-0.2, 0) is 11.2 Å². The molecule has 0 bridgehead atoms. The molecule has 0 radical (unpaired) electrons. The average Bonchev–Trinajstić information content (AvgIpc) is 3.18. The molecule has 1 unspecified atom stereocenters. The number of aromatic nitrogens is 2. The van der Waals surface area contributed by atoms with Crippen LogP contribution in [0.5, 0.6) is 17.2 Å². The average molecular weight is 345 g/mol. The summed E-state index contributed by atoms with van der Waals surface area (Å²) in [4.78, 5) is 12.2. The molecule has 1 amide bonds. The van der Waals surface area contributed by atoms with E-state index in [0.717, 1.165) is 24.2 Å². The molecule has 7 nitrogen and oxygen atoms in total. The van der Waals surface area contributed by atoms with E-state index in [1.165, 1.54) is 5.56 Å². The molecular weight excluding hydrogens is 322 g/mol. The van der Waals surface area contributed by atoms with Crippen LogP contribution in [0.25, 0.3) is 0 Å². The number of nitrogens with zero attached hydrogens (tertiary/aromatic N) is 1. The number of H-pyrrole nitrogens is 1. The van der Waals surface area contributed by atoms with Gasteiger partial charge in [-0.1, -0.05) is 0 Å². The van der Waals surface area contributed by atoms with Crippen LogP contribution in [0.15, 0.2) is 18.2 Å². The fourth-order valence-corrected chi connectivity index (χ4v) is 2.77. The number of rotatable bonds is 7. The van der Waals surface area contributed by atoms with Gasteiger partial charge in [-0.2, -0.15) is 5.10 Å². The summed E-state index contributed by atoms with van der Waals surface area (Å²) in [6, 6.07) is 5.27. The van der Waals surface area contributed by atoms with Crippen LogP contribution in [0.1, 0.15) is 30.3 Å². The molecule has 2 aromatic rings. The maximum atomic E-state index is 12.2. The van der Waals surface area contributed by atoms with E-state index in [9.17, 15) is 4.79 Å². The SMILES string of the molecule is Cc1n[nH]c(C)c1CCCNC(=O)C(C)Oc1ccc2c(c1)OCO2. The van der Waals surface area contributed by atoms with Crippen molar-refractivity contribution < 1.29 is 19.0 Å².